The van der Waals surface area contributed by atoms with Crippen LogP contribution in [0.15, 0.2) is 41.8 Å². The topological polar surface area (TPSA) is 61.0 Å². The van der Waals surface area contributed by atoms with Gasteiger partial charge in [-0.3, -0.25) is 14.8 Å². The molecule has 3 aromatic rings. The van der Waals surface area contributed by atoms with Crippen molar-refractivity contribution in [3.8, 4) is 10.6 Å². The van der Waals surface area contributed by atoms with E-state index in [1.807, 2.05) is 17.5 Å². The summed E-state index contributed by atoms with van der Waals surface area (Å²) in [6, 6.07) is 9.78. The summed E-state index contributed by atoms with van der Waals surface area (Å²) in [5.41, 5.74) is 1.97. The predicted molar refractivity (Wildman–Crippen MR) is 104 cm³/mol. The lowest BCUT2D eigenvalue weighted by Gasteiger charge is -2.32. The number of nitrogens with zero attached hydrogens (tertiary/aromatic N) is 2. The number of hydrogen-bond acceptors (Lipinski definition) is 4. The van der Waals surface area contributed by atoms with E-state index >= 15 is 0 Å². The van der Waals surface area contributed by atoms with Crippen LogP contribution in [-0.4, -0.2) is 40.1 Å². The van der Waals surface area contributed by atoms with Crippen LogP contribution in [0.1, 0.15) is 28.9 Å². The van der Waals surface area contributed by atoms with Crippen molar-refractivity contribution in [3.63, 3.8) is 0 Å². The minimum Gasteiger partial charge on any atom is -0.348 e. The number of aromatic amines is 1. The molecule has 0 atom stereocenters. The Balaban J connectivity index is 1.28. The number of carbonyl (C=O) groups excluding carboxylic acids is 1. The highest BCUT2D eigenvalue weighted by Crippen LogP contribution is 2.23. The molecule has 1 aromatic carbocycles. The molecule has 1 aliphatic rings. The maximum Gasteiger partial charge on any atom is 0.272 e. The standard InChI is InChI=1S/C20H20F2N4OS/c21-15-4-3-13(10-16(15)22)12-26-7-5-14(6-8-26)23-20(27)18-11-17(24-25-18)19-2-1-9-28-19/h1-4,9-11,14H,5-8,12H2,(H,23,27)(H,24,25). The smallest absolute Gasteiger partial charge is 0.272 e. The summed E-state index contributed by atoms with van der Waals surface area (Å²) in [6.07, 6.45) is 1.61. The fraction of sp³-hybridized carbons (Fsp3) is 0.300. The van der Waals surface area contributed by atoms with Gasteiger partial charge in [-0.25, -0.2) is 8.78 Å². The van der Waals surface area contributed by atoms with Crippen LogP contribution in [0.4, 0.5) is 8.78 Å². The van der Waals surface area contributed by atoms with Gasteiger partial charge in [-0.15, -0.1) is 11.3 Å². The first-order valence-electron chi connectivity index (χ1n) is 9.15. The van der Waals surface area contributed by atoms with E-state index in [0.29, 0.717) is 12.2 Å². The second-order valence-corrected chi connectivity index (χ2v) is 7.86. The second kappa shape index (κ2) is 8.20. The van der Waals surface area contributed by atoms with Gasteiger partial charge in [0.2, 0.25) is 0 Å². The van der Waals surface area contributed by atoms with Gasteiger partial charge in [0.05, 0.1) is 10.6 Å². The molecule has 5 nitrogen and oxygen atoms in total. The van der Waals surface area contributed by atoms with Gasteiger partial charge < -0.3 is 5.32 Å². The normalized spacial score (nSPS) is 15.6. The lowest BCUT2D eigenvalue weighted by molar-refractivity contribution is 0.0904. The number of nitrogens with one attached hydrogen (secondary N) is 2. The molecule has 4 rings (SSSR count). The summed E-state index contributed by atoms with van der Waals surface area (Å²) >= 11 is 1.59. The number of halogens is 2. The van der Waals surface area contributed by atoms with Crippen LogP contribution < -0.4 is 5.32 Å². The highest BCUT2D eigenvalue weighted by Gasteiger charge is 2.22. The molecule has 2 N–H and O–H groups in total. The van der Waals surface area contributed by atoms with E-state index in [4.69, 9.17) is 0 Å². The van der Waals surface area contributed by atoms with Crippen LogP contribution in [0.5, 0.6) is 0 Å². The Bertz CT molecular complexity index is 949. The zero-order valence-electron chi connectivity index (χ0n) is 15.1. The van der Waals surface area contributed by atoms with Crippen LogP contribution in [0.3, 0.4) is 0 Å². The van der Waals surface area contributed by atoms with Crippen molar-refractivity contribution in [3.05, 3.63) is 64.7 Å². The molecule has 8 heteroatoms. The monoisotopic (exact) mass is 402 g/mol. The zero-order chi connectivity index (χ0) is 19.5. The summed E-state index contributed by atoms with van der Waals surface area (Å²) in [5, 5.41) is 12.0. The number of H-pyrrole nitrogens is 1. The number of hydrogen-bond donors (Lipinski definition) is 2. The van der Waals surface area contributed by atoms with Crippen LogP contribution in [0.2, 0.25) is 0 Å². The molecule has 1 fully saturated rings. The third-order valence-corrected chi connectivity index (χ3v) is 5.81. The van der Waals surface area contributed by atoms with Crippen molar-refractivity contribution in [1.82, 2.24) is 20.4 Å². The summed E-state index contributed by atoms with van der Waals surface area (Å²) in [6.45, 7) is 2.14. The maximum absolute atomic E-state index is 13.3. The van der Waals surface area contributed by atoms with Crippen molar-refractivity contribution < 1.29 is 13.6 Å². The summed E-state index contributed by atoms with van der Waals surface area (Å²) in [7, 11) is 0. The lowest BCUT2D eigenvalue weighted by atomic mass is 10.0. The fourth-order valence-corrected chi connectivity index (χ4v) is 4.08. The lowest BCUT2D eigenvalue weighted by Crippen LogP contribution is -2.44. The molecular formula is C20H20F2N4OS. The highest BCUT2D eigenvalue weighted by atomic mass is 32.1. The Hall–Kier alpha value is -2.58. The Morgan fingerprint density at radius 3 is 2.75 bits per heavy atom. The SMILES string of the molecule is O=C(NC1CCN(Cc2ccc(F)c(F)c2)CC1)c1cc(-c2cccs2)[nH]n1. The molecule has 28 heavy (non-hydrogen) atoms. The highest BCUT2D eigenvalue weighted by molar-refractivity contribution is 7.13. The molecule has 2 aromatic heterocycles. The first-order valence-corrected chi connectivity index (χ1v) is 10.0. The van der Waals surface area contributed by atoms with Gasteiger partial charge in [-0.1, -0.05) is 12.1 Å². The maximum atomic E-state index is 13.3. The second-order valence-electron chi connectivity index (χ2n) is 6.92. The zero-order valence-corrected chi connectivity index (χ0v) is 15.9. The minimum absolute atomic E-state index is 0.0793. The summed E-state index contributed by atoms with van der Waals surface area (Å²) < 4.78 is 26.4. The molecule has 146 valence electrons. The average molecular weight is 402 g/mol. The van der Waals surface area contributed by atoms with Gasteiger partial charge >= 0.3 is 0 Å². The number of benzene rings is 1. The Morgan fingerprint density at radius 1 is 1.21 bits per heavy atom. The Morgan fingerprint density at radius 2 is 2.04 bits per heavy atom. The summed E-state index contributed by atoms with van der Waals surface area (Å²) in [4.78, 5) is 15.7. The Kier molecular flexibility index (Phi) is 5.50. The Labute approximate surface area is 165 Å². The van der Waals surface area contributed by atoms with E-state index in [1.165, 1.54) is 6.07 Å². The van der Waals surface area contributed by atoms with Crippen molar-refractivity contribution >= 4 is 17.2 Å². The van der Waals surface area contributed by atoms with Crippen LogP contribution in [0, 0.1) is 11.6 Å². The van der Waals surface area contributed by atoms with Gasteiger partial charge in [-0.05, 0) is 48.1 Å². The largest absolute Gasteiger partial charge is 0.348 e. The fourth-order valence-electron chi connectivity index (χ4n) is 3.39. The van der Waals surface area contributed by atoms with Crippen LogP contribution in [0.25, 0.3) is 10.6 Å². The molecule has 0 spiro atoms. The molecule has 1 amide bonds. The van der Waals surface area contributed by atoms with Crippen LogP contribution in [-0.2, 0) is 6.54 Å². The van der Waals surface area contributed by atoms with E-state index < -0.39 is 11.6 Å². The van der Waals surface area contributed by atoms with Crippen molar-refractivity contribution in [2.24, 2.45) is 0 Å². The number of thiophene rings is 1. The third-order valence-electron chi connectivity index (χ3n) is 4.91. The molecular weight excluding hydrogens is 382 g/mol. The molecule has 0 bridgehead atoms. The van der Waals surface area contributed by atoms with Gasteiger partial charge in [0.1, 0.15) is 0 Å². The van der Waals surface area contributed by atoms with E-state index in [-0.39, 0.29) is 11.9 Å². The number of aromatic nitrogens is 2. The van der Waals surface area contributed by atoms with Gasteiger partial charge in [-0.2, -0.15) is 5.10 Å². The van der Waals surface area contributed by atoms with Gasteiger partial charge in [0, 0.05) is 25.7 Å². The molecule has 1 saturated heterocycles. The van der Waals surface area contributed by atoms with E-state index in [9.17, 15) is 13.6 Å². The number of carbonyl (C=O) groups is 1. The van der Waals surface area contributed by atoms with Crippen LogP contribution >= 0.6 is 11.3 Å². The molecule has 3 heterocycles. The molecule has 1 aliphatic heterocycles. The van der Waals surface area contributed by atoms with E-state index in [2.05, 4.69) is 20.4 Å². The van der Waals surface area contributed by atoms with Crippen molar-refractivity contribution in [2.75, 3.05) is 13.1 Å². The summed E-state index contributed by atoms with van der Waals surface area (Å²) in [5.74, 6) is -1.83. The minimum atomic E-state index is -0.828. The first-order chi connectivity index (χ1) is 13.6. The van der Waals surface area contributed by atoms with E-state index in [1.54, 1.807) is 23.5 Å². The predicted octanol–water partition coefficient (Wildman–Crippen LogP) is 3.81. The van der Waals surface area contributed by atoms with Gasteiger partial charge in [0.25, 0.3) is 5.91 Å². The van der Waals surface area contributed by atoms with Crippen molar-refractivity contribution in [1.29, 1.82) is 0 Å². The quantitative estimate of drug-likeness (QED) is 0.682. The molecule has 0 unspecified atom stereocenters. The molecule has 0 radical (unpaired) electrons. The number of rotatable bonds is 5. The number of likely N-dealkylation sites (tertiary alicyclic amines) is 1. The third kappa shape index (κ3) is 4.28. The molecule has 0 aliphatic carbocycles. The number of piperidine rings is 1. The average Bonchev–Trinajstić information content (AvgIpc) is 3.38. The molecule has 0 saturated carbocycles. The first kappa shape index (κ1) is 18.8. The van der Waals surface area contributed by atoms with Crippen molar-refractivity contribution in [2.45, 2.75) is 25.4 Å². The van der Waals surface area contributed by atoms with E-state index in [0.717, 1.165) is 48.1 Å². The number of amides is 1. The van der Waals surface area contributed by atoms with Gasteiger partial charge in [0.15, 0.2) is 17.3 Å².